The molecule has 0 aromatic carbocycles. The number of hydrogen-bond acceptors (Lipinski definition) is 4. The second kappa shape index (κ2) is 6.70. The van der Waals surface area contributed by atoms with Crippen molar-refractivity contribution in [2.75, 3.05) is 19.6 Å². The van der Waals surface area contributed by atoms with Crippen LogP contribution in [0.3, 0.4) is 0 Å². The summed E-state index contributed by atoms with van der Waals surface area (Å²) in [6, 6.07) is 3.70. The maximum absolute atomic E-state index is 12.6. The number of likely N-dealkylation sites (tertiary alicyclic amines) is 1. The zero-order valence-corrected chi connectivity index (χ0v) is 12.5. The molecule has 0 saturated carbocycles. The quantitative estimate of drug-likeness (QED) is 0.899. The molecule has 0 bridgehead atoms. The summed E-state index contributed by atoms with van der Waals surface area (Å²) in [6.45, 7) is 2.29. The van der Waals surface area contributed by atoms with E-state index in [1.54, 1.807) is 24.7 Å². The third-order valence-electron chi connectivity index (χ3n) is 4.20. The van der Waals surface area contributed by atoms with Crippen LogP contribution in [0, 0.1) is 5.92 Å². The van der Waals surface area contributed by atoms with Crippen LogP contribution >= 0.6 is 0 Å². The molecular formula is C16H21N5O. The number of carbonyl (C=O) groups is 1. The number of nitrogens with two attached hydrogens (primary N) is 1. The first-order chi connectivity index (χ1) is 10.8. The number of aromatic nitrogens is 3. The predicted octanol–water partition coefficient (Wildman–Crippen LogP) is 1.67. The summed E-state index contributed by atoms with van der Waals surface area (Å²) in [6.07, 6.45) is 8.45. The van der Waals surface area contributed by atoms with Crippen molar-refractivity contribution in [1.29, 1.82) is 0 Å². The topological polar surface area (TPSA) is 87.9 Å². The van der Waals surface area contributed by atoms with Crippen molar-refractivity contribution in [3.05, 3.63) is 36.4 Å². The van der Waals surface area contributed by atoms with Crippen molar-refractivity contribution >= 4 is 5.91 Å². The largest absolute Gasteiger partial charge is 0.337 e. The molecule has 3 heterocycles. The molecular weight excluding hydrogens is 278 g/mol. The smallest absolute Gasteiger partial charge is 0.272 e. The van der Waals surface area contributed by atoms with E-state index < -0.39 is 0 Å². The molecule has 0 radical (unpaired) electrons. The fourth-order valence-corrected chi connectivity index (χ4v) is 2.98. The number of rotatable bonds is 4. The van der Waals surface area contributed by atoms with Crippen LogP contribution in [0.5, 0.6) is 0 Å². The third-order valence-corrected chi connectivity index (χ3v) is 4.20. The van der Waals surface area contributed by atoms with Gasteiger partial charge in [0.15, 0.2) is 0 Å². The number of H-pyrrole nitrogens is 1. The van der Waals surface area contributed by atoms with E-state index in [0.29, 0.717) is 18.2 Å². The molecule has 3 rings (SSSR count). The lowest BCUT2D eigenvalue weighted by Gasteiger charge is -2.32. The summed E-state index contributed by atoms with van der Waals surface area (Å²) >= 11 is 0. The third kappa shape index (κ3) is 3.17. The van der Waals surface area contributed by atoms with Gasteiger partial charge in [0, 0.05) is 36.6 Å². The van der Waals surface area contributed by atoms with Gasteiger partial charge in [-0.2, -0.15) is 5.10 Å². The lowest BCUT2D eigenvalue weighted by atomic mass is 9.94. The highest BCUT2D eigenvalue weighted by atomic mass is 16.2. The van der Waals surface area contributed by atoms with E-state index >= 15 is 0 Å². The first-order valence-electron chi connectivity index (χ1n) is 7.72. The molecule has 6 heteroatoms. The van der Waals surface area contributed by atoms with Crippen LogP contribution in [0.2, 0.25) is 0 Å². The van der Waals surface area contributed by atoms with Crippen molar-refractivity contribution in [1.82, 2.24) is 20.1 Å². The second-order valence-corrected chi connectivity index (χ2v) is 5.76. The van der Waals surface area contributed by atoms with Crippen molar-refractivity contribution in [3.63, 3.8) is 0 Å². The Morgan fingerprint density at radius 2 is 2.27 bits per heavy atom. The molecule has 1 aliphatic rings. The van der Waals surface area contributed by atoms with Crippen LogP contribution in [0.4, 0.5) is 0 Å². The highest BCUT2D eigenvalue weighted by Gasteiger charge is 2.24. The molecule has 1 atom stereocenters. The fourth-order valence-electron chi connectivity index (χ4n) is 2.98. The van der Waals surface area contributed by atoms with E-state index in [-0.39, 0.29) is 5.91 Å². The number of pyridine rings is 1. The molecule has 22 heavy (non-hydrogen) atoms. The Balaban J connectivity index is 1.69. The van der Waals surface area contributed by atoms with Gasteiger partial charge in [0.25, 0.3) is 5.91 Å². The van der Waals surface area contributed by atoms with E-state index in [9.17, 15) is 4.79 Å². The van der Waals surface area contributed by atoms with Crippen LogP contribution in [0.25, 0.3) is 11.1 Å². The average molecular weight is 299 g/mol. The Bertz CT molecular complexity index is 606. The maximum atomic E-state index is 12.6. The van der Waals surface area contributed by atoms with Crippen LogP contribution in [-0.2, 0) is 0 Å². The molecule has 3 N–H and O–H groups in total. The Morgan fingerprint density at radius 1 is 1.36 bits per heavy atom. The minimum Gasteiger partial charge on any atom is -0.337 e. The van der Waals surface area contributed by atoms with Crippen LogP contribution < -0.4 is 5.73 Å². The Hall–Kier alpha value is -2.21. The molecule has 2 aromatic rings. The van der Waals surface area contributed by atoms with Crippen molar-refractivity contribution in [2.24, 2.45) is 11.7 Å². The SMILES string of the molecule is NCCC1CCCN(C(=O)c2ccc(-c3cn[nH]c3)cn2)C1. The zero-order valence-electron chi connectivity index (χ0n) is 12.5. The van der Waals surface area contributed by atoms with Gasteiger partial charge in [0.1, 0.15) is 5.69 Å². The minimum absolute atomic E-state index is 0.0143. The maximum Gasteiger partial charge on any atom is 0.272 e. The number of hydrogen-bond donors (Lipinski definition) is 2. The van der Waals surface area contributed by atoms with Crippen molar-refractivity contribution in [3.8, 4) is 11.1 Å². The monoisotopic (exact) mass is 299 g/mol. The van der Waals surface area contributed by atoms with Crippen LogP contribution in [0.15, 0.2) is 30.7 Å². The summed E-state index contributed by atoms with van der Waals surface area (Å²) in [5.41, 5.74) is 8.05. The molecule has 0 spiro atoms. The van der Waals surface area contributed by atoms with Crippen molar-refractivity contribution < 1.29 is 4.79 Å². The van der Waals surface area contributed by atoms with E-state index in [2.05, 4.69) is 15.2 Å². The number of amides is 1. The lowest BCUT2D eigenvalue weighted by molar-refractivity contribution is 0.0663. The van der Waals surface area contributed by atoms with Gasteiger partial charge in [0.2, 0.25) is 0 Å². The van der Waals surface area contributed by atoms with E-state index in [4.69, 9.17) is 5.73 Å². The number of nitrogens with one attached hydrogen (secondary N) is 1. The van der Waals surface area contributed by atoms with Gasteiger partial charge in [-0.25, -0.2) is 0 Å². The van der Waals surface area contributed by atoms with Gasteiger partial charge in [0.05, 0.1) is 6.20 Å². The standard InChI is InChI=1S/C16H21N5O/c17-6-5-12-2-1-7-21(11-12)16(22)15-4-3-13(8-18-15)14-9-19-20-10-14/h3-4,8-10,12H,1-2,5-7,11,17H2,(H,19,20). The zero-order chi connectivity index (χ0) is 15.4. The Kier molecular flexibility index (Phi) is 4.48. The molecule has 1 amide bonds. The van der Waals surface area contributed by atoms with Crippen molar-refractivity contribution in [2.45, 2.75) is 19.3 Å². The molecule has 1 saturated heterocycles. The first-order valence-corrected chi connectivity index (χ1v) is 7.72. The minimum atomic E-state index is 0.0143. The van der Waals surface area contributed by atoms with Gasteiger partial charge in [-0.05, 0) is 37.8 Å². The fraction of sp³-hybridized carbons (Fsp3) is 0.438. The molecule has 0 aliphatic carbocycles. The van der Waals surface area contributed by atoms with Gasteiger partial charge in [-0.15, -0.1) is 0 Å². The highest BCUT2D eigenvalue weighted by molar-refractivity contribution is 5.92. The van der Waals surface area contributed by atoms with E-state index in [0.717, 1.165) is 43.5 Å². The number of carbonyl (C=O) groups excluding carboxylic acids is 1. The first kappa shape index (κ1) is 14.7. The Morgan fingerprint density at radius 3 is 2.95 bits per heavy atom. The average Bonchev–Trinajstić information content (AvgIpc) is 3.09. The second-order valence-electron chi connectivity index (χ2n) is 5.76. The van der Waals surface area contributed by atoms with Gasteiger partial charge < -0.3 is 10.6 Å². The summed E-state index contributed by atoms with van der Waals surface area (Å²) in [4.78, 5) is 18.8. The van der Waals surface area contributed by atoms with E-state index in [1.807, 2.05) is 11.0 Å². The molecule has 116 valence electrons. The number of piperidine rings is 1. The molecule has 1 fully saturated rings. The Labute approximate surface area is 129 Å². The highest BCUT2D eigenvalue weighted by Crippen LogP contribution is 2.21. The number of nitrogens with zero attached hydrogens (tertiary/aromatic N) is 3. The van der Waals surface area contributed by atoms with Gasteiger partial charge in [-0.1, -0.05) is 6.07 Å². The summed E-state index contributed by atoms with van der Waals surface area (Å²) in [5, 5.41) is 6.69. The number of aromatic amines is 1. The normalized spacial score (nSPS) is 18.4. The predicted molar refractivity (Wildman–Crippen MR) is 84.1 cm³/mol. The van der Waals surface area contributed by atoms with E-state index in [1.165, 1.54) is 0 Å². The molecule has 6 nitrogen and oxygen atoms in total. The molecule has 1 unspecified atom stereocenters. The van der Waals surface area contributed by atoms with Crippen LogP contribution in [0.1, 0.15) is 29.8 Å². The van der Waals surface area contributed by atoms with Gasteiger partial charge >= 0.3 is 0 Å². The molecule has 2 aromatic heterocycles. The lowest BCUT2D eigenvalue weighted by Crippen LogP contribution is -2.40. The summed E-state index contributed by atoms with van der Waals surface area (Å²) in [5.74, 6) is 0.536. The summed E-state index contributed by atoms with van der Waals surface area (Å²) < 4.78 is 0. The molecule has 1 aliphatic heterocycles. The van der Waals surface area contributed by atoms with Gasteiger partial charge in [-0.3, -0.25) is 14.9 Å². The summed E-state index contributed by atoms with van der Waals surface area (Å²) in [7, 11) is 0. The van der Waals surface area contributed by atoms with Crippen LogP contribution in [-0.4, -0.2) is 45.6 Å².